The minimum absolute atomic E-state index is 0.0841. The third-order valence-electron chi connectivity index (χ3n) is 3.65. The Morgan fingerprint density at radius 3 is 2.77 bits per heavy atom. The van der Waals surface area contributed by atoms with Crippen LogP contribution in [0.25, 0.3) is 11.0 Å². The second-order valence-electron chi connectivity index (χ2n) is 5.56. The molecule has 1 atom stereocenters. The van der Waals surface area contributed by atoms with Gasteiger partial charge in [-0.2, -0.15) is 5.10 Å². The highest BCUT2D eigenvalue weighted by atomic mass is 16.3. The number of fused-ring (bicyclic) bond motifs is 1. The topological polar surface area (TPSA) is 60.1 Å². The molecule has 0 unspecified atom stereocenters. The molecule has 0 aliphatic rings. The third kappa shape index (κ3) is 2.88. The van der Waals surface area contributed by atoms with Gasteiger partial charge in [-0.05, 0) is 39.0 Å². The van der Waals surface area contributed by atoms with Gasteiger partial charge < -0.3 is 9.73 Å². The highest BCUT2D eigenvalue weighted by Gasteiger charge is 2.15. The largest absolute Gasteiger partial charge is 0.459 e. The molecule has 0 bridgehead atoms. The number of amides is 1. The first-order valence-electron chi connectivity index (χ1n) is 7.32. The Bertz CT molecular complexity index is 783. The fourth-order valence-corrected chi connectivity index (χ4v) is 2.55. The number of aromatic nitrogens is 2. The van der Waals surface area contributed by atoms with Gasteiger partial charge in [0.2, 0.25) is 5.91 Å². The lowest BCUT2D eigenvalue weighted by Crippen LogP contribution is -2.30. The Balaban J connectivity index is 1.69. The van der Waals surface area contributed by atoms with Gasteiger partial charge in [0.15, 0.2) is 0 Å². The second-order valence-corrected chi connectivity index (χ2v) is 5.56. The number of hydrogen-bond donors (Lipinski definition) is 1. The van der Waals surface area contributed by atoms with Crippen LogP contribution in [-0.4, -0.2) is 15.7 Å². The van der Waals surface area contributed by atoms with E-state index in [0.29, 0.717) is 0 Å². The van der Waals surface area contributed by atoms with Crippen LogP contribution in [0.5, 0.6) is 0 Å². The number of carbonyl (C=O) groups is 1. The summed E-state index contributed by atoms with van der Waals surface area (Å²) in [5.41, 5.74) is 2.72. The number of furan rings is 1. The van der Waals surface area contributed by atoms with Crippen molar-refractivity contribution >= 4 is 16.9 Å². The van der Waals surface area contributed by atoms with Crippen LogP contribution < -0.4 is 5.32 Å². The maximum Gasteiger partial charge on any atom is 0.242 e. The Hall–Kier alpha value is -2.56. The summed E-state index contributed by atoms with van der Waals surface area (Å²) in [6.45, 7) is 5.98. The molecule has 2 heterocycles. The van der Waals surface area contributed by atoms with E-state index in [4.69, 9.17) is 4.42 Å². The lowest BCUT2D eigenvalue weighted by molar-refractivity contribution is -0.122. The maximum absolute atomic E-state index is 12.2. The van der Waals surface area contributed by atoms with Crippen molar-refractivity contribution in [2.45, 2.75) is 33.4 Å². The molecule has 2 aromatic heterocycles. The van der Waals surface area contributed by atoms with Crippen molar-refractivity contribution in [1.29, 1.82) is 0 Å². The molecule has 1 aromatic carbocycles. The molecule has 0 spiro atoms. The zero-order chi connectivity index (χ0) is 15.7. The number of hydrogen-bond acceptors (Lipinski definition) is 3. The number of para-hydroxylation sites is 1. The van der Waals surface area contributed by atoms with Crippen molar-refractivity contribution in [2.75, 3.05) is 0 Å². The van der Waals surface area contributed by atoms with Gasteiger partial charge in [-0.25, -0.2) is 0 Å². The van der Waals surface area contributed by atoms with Crippen molar-refractivity contribution in [2.24, 2.45) is 0 Å². The van der Waals surface area contributed by atoms with E-state index in [9.17, 15) is 4.79 Å². The summed E-state index contributed by atoms with van der Waals surface area (Å²) in [7, 11) is 0. The molecular weight excluding hydrogens is 278 g/mol. The van der Waals surface area contributed by atoms with Gasteiger partial charge in [-0.3, -0.25) is 9.48 Å². The first-order chi connectivity index (χ1) is 10.5. The van der Waals surface area contributed by atoms with E-state index in [1.807, 2.05) is 57.2 Å². The zero-order valence-corrected chi connectivity index (χ0v) is 13.0. The van der Waals surface area contributed by atoms with E-state index in [0.717, 1.165) is 28.1 Å². The van der Waals surface area contributed by atoms with Crippen LogP contribution >= 0.6 is 0 Å². The van der Waals surface area contributed by atoms with Crippen LogP contribution in [-0.2, 0) is 11.3 Å². The van der Waals surface area contributed by atoms with Crippen molar-refractivity contribution in [3.63, 3.8) is 0 Å². The van der Waals surface area contributed by atoms with Gasteiger partial charge in [0.1, 0.15) is 17.9 Å². The van der Waals surface area contributed by atoms with Crippen LogP contribution in [0.1, 0.15) is 30.1 Å². The quantitative estimate of drug-likeness (QED) is 0.805. The zero-order valence-electron chi connectivity index (χ0n) is 13.0. The standard InChI is InChI=1S/C17H19N3O2/c1-11-8-12(2)20(19-11)10-17(21)18-13(3)16-9-14-6-4-5-7-15(14)22-16/h4-9,13H,10H2,1-3H3,(H,18,21)/t13-/m0/s1. The van der Waals surface area contributed by atoms with E-state index < -0.39 is 0 Å². The Kier molecular flexibility index (Phi) is 3.71. The molecule has 0 radical (unpaired) electrons. The van der Waals surface area contributed by atoms with Crippen LogP contribution in [0.2, 0.25) is 0 Å². The van der Waals surface area contributed by atoms with Gasteiger partial charge in [0.05, 0.1) is 11.7 Å². The van der Waals surface area contributed by atoms with Gasteiger partial charge >= 0.3 is 0 Å². The summed E-state index contributed by atoms with van der Waals surface area (Å²) < 4.78 is 7.48. The Morgan fingerprint density at radius 1 is 1.32 bits per heavy atom. The van der Waals surface area contributed by atoms with E-state index in [1.165, 1.54) is 0 Å². The molecule has 0 aliphatic carbocycles. The predicted molar refractivity (Wildman–Crippen MR) is 84.5 cm³/mol. The maximum atomic E-state index is 12.2. The number of rotatable bonds is 4. The molecule has 114 valence electrons. The van der Waals surface area contributed by atoms with E-state index in [2.05, 4.69) is 10.4 Å². The van der Waals surface area contributed by atoms with E-state index in [-0.39, 0.29) is 18.5 Å². The number of benzene rings is 1. The number of aryl methyl sites for hydroxylation is 2. The van der Waals surface area contributed by atoms with Gasteiger partial charge in [-0.15, -0.1) is 0 Å². The summed E-state index contributed by atoms with van der Waals surface area (Å²) in [5, 5.41) is 8.28. The molecule has 0 saturated heterocycles. The monoisotopic (exact) mass is 297 g/mol. The average molecular weight is 297 g/mol. The van der Waals surface area contributed by atoms with Crippen molar-refractivity contribution in [3.05, 3.63) is 53.5 Å². The van der Waals surface area contributed by atoms with Crippen LogP contribution in [0.4, 0.5) is 0 Å². The molecule has 5 heteroatoms. The lowest BCUT2D eigenvalue weighted by atomic mass is 10.2. The highest BCUT2D eigenvalue weighted by Crippen LogP contribution is 2.23. The number of nitrogens with zero attached hydrogens (tertiary/aromatic N) is 2. The predicted octanol–water partition coefficient (Wildman–Crippen LogP) is 3.12. The first-order valence-corrected chi connectivity index (χ1v) is 7.32. The Labute approximate surface area is 128 Å². The molecule has 5 nitrogen and oxygen atoms in total. The molecule has 22 heavy (non-hydrogen) atoms. The van der Waals surface area contributed by atoms with Crippen LogP contribution in [0.15, 0.2) is 40.8 Å². The van der Waals surface area contributed by atoms with E-state index >= 15 is 0 Å². The normalized spacial score (nSPS) is 12.5. The average Bonchev–Trinajstić information content (AvgIpc) is 3.02. The summed E-state index contributed by atoms with van der Waals surface area (Å²) in [6.07, 6.45) is 0. The van der Waals surface area contributed by atoms with Gasteiger partial charge in [-0.1, -0.05) is 18.2 Å². The van der Waals surface area contributed by atoms with Crippen molar-refractivity contribution in [1.82, 2.24) is 15.1 Å². The molecule has 1 amide bonds. The SMILES string of the molecule is Cc1cc(C)n(CC(=O)N[C@@H](C)c2cc3ccccc3o2)n1. The second kappa shape index (κ2) is 5.67. The van der Waals surface area contributed by atoms with Crippen LogP contribution in [0.3, 0.4) is 0 Å². The van der Waals surface area contributed by atoms with Crippen molar-refractivity contribution < 1.29 is 9.21 Å². The highest BCUT2D eigenvalue weighted by molar-refractivity contribution is 5.79. The fourth-order valence-electron chi connectivity index (χ4n) is 2.55. The van der Waals surface area contributed by atoms with E-state index in [1.54, 1.807) is 4.68 Å². The van der Waals surface area contributed by atoms with Crippen LogP contribution in [0, 0.1) is 13.8 Å². The van der Waals surface area contributed by atoms with Crippen molar-refractivity contribution in [3.8, 4) is 0 Å². The molecular formula is C17H19N3O2. The minimum atomic E-state index is -0.183. The van der Waals surface area contributed by atoms with Gasteiger partial charge in [0, 0.05) is 11.1 Å². The molecule has 0 fully saturated rings. The molecule has 3 aromatic rings. The first kappa shape index (κ1) is 14.4. The Morgan fingerprint density at radius 2 is 2.09 bits per heavy atom. The molecule has 0 saturated carbocycles. The smallest absolute Gasteiger partial charge is 0.242 e. The summed E-state index contributed by atoms with van der Waals surface area (Å²) in [5.74, 6) is 0.669. The molecule has 1 N–H and O–H groups in total. The third-order valence-corrected chi connectivity index (χ3v) is 3.65. The summed E-state index contributed by atoms with van der Waals surface area (Å²) in [6, 6.07) is 11.5. The number of nitrogens with one attached hydrogen (secondary N) is 1. The fraction of sp³-hybridized carbons (Fsp3) is 0.294. The number of carbonyl (C=O) groups excluding carboxylic acids is 1. The van der Waals surface area contributed by atoms with Gasteiger partial charge in [0.25, 0.3) is 0 Å². The molecule has 0 aliphatic heterocycles. The minimum Gasteiger partial charge on any atom is -0.459 e. The lowest BCUT2D eigenvalue weighted by Gasteiger charge is -2.12. The molecule has 3 rings (SSSR count). The summed E-state index contributed by atoms with van der Waals surface area (Å²) in [4.78, 5) is 12.2. The summed E-state index contributed by atoms with van der Waals surface area (Å²) >= 11 is 0.